The second-order valence-electron chi connectivity index (χ2n) is 17.5. The highest BCUT2D eigenvalue weighted by molar-refractivity contribution is 6.28. The van der Waals surface area contributed by atoms with Crippen LogP contribution in [0.2, 0.25) is 0 Å². The molecule has 0 atom stereocenters. The van der Waals surface area contributed by atoms with Gasteiger partial charge in [0.1, 0.15) is 5.52 Å². The molecule has 326 valence electrons. The summed E-state index contributed by atoms with van der Waals surface area (Å²) in [7, 11) is 0. The summed E-state index contributed by atoms with van der Waals surface area (Å²) >= 11 is 0. The van der Waals surface area contributed by atoms with E-state index < -0.39 is 10.9 Å². The summed E-state index contributed by atoms with van der Waals surface area (Å²) in [5, 5.41) is 7.54. The Morgan fingerprint density at radius 2 is 0.571 bits per heavy atom. The lowest BCUT2D eigenvalue weighted by Crippen LogP contribution is -2.26. The number of hydrogen-bond donors (Lipinski definition) is 0. The quantitative estimate of drug-likeness (QED) is 0.122. The maximum absolute atomic E-state index is 13.7. The molecule has 0 aliphatic carbocycles. The van der Waals surface area contributed by atoms with Crippen LogP contribution in [0.4, 0.5) is 0 Å². The van der Waals surface area contributed by atoms with Crippen molar-refractivity contribution in [3.8, 4) is 67.3 Å². The first-order chi connectivity index (χ1) is 34.6. The second kappa shape index (κ2) is 16.7. The van der Waals surface area contributed by atoms with Crippen LogP contribution in [0, 0.1) is 0 Å². The van der Waals surface area contributed by atoms with Crippen molar-refractivity contribution in [2.75, 3.05) is 0 Å². The number of hydrogen-bond acceptors (Lipinski definition) is 6. The number of rotatable bonds is 6. The minimum atomic E-state index is -0.593. The summed E-state index contributed by atoms with van der Waals surface area (Å²) < 4.78 is 0. The van der Waals surface area contributed by atoms with Gasteiger partial charge in [0.15, 0.2) is 11.6 Å². The van der Waals surface area contributed by atoms with Gasteiger partial charge < -0.3 is 0 Å². The van der Waals surface area contributed by atoms with Crippen molar-refractivity contribution in [3.05, 3.63) is 251 Å². The molecule has 0 bridgehead atoms. The van der Waals surface area contributed by atoms with Gasteiger partial charge in [-0.1, -0.05) is 200 Å². The van der Waals surface area contributed by atoms with Crippen molar-refractivity contribution in [1.29, 1.82) is 0 Å². The number of benzene rings is 12. The van der Waals surface area contributed by atoms with E-state index in [0.29, 0.717) is 22.1 Å². The van der Waals surface area contributed by atoms with Crippen LogP contribution in [0.1, 0.15) is 0 Å². The molecule has 0 amide bonds. The van der Waals surface area contributed by atoms with E-state index in [1.54, 1.807) is 0 Å². The lowest BCUT2D eigenvalue weighted by Gasteiger charge is -2.18. The normalized spacial score (nSPS) is 11.5. The molecule has 0 aliphatic rings. The van der Waals surface area contributed by atoms with E-state index in [9.17, 15) is 9.59 Å². The maximum atomic E-state index is 13.7. The molecule has 0 N–H and O–H groups in total. The third-order valence-corrected chi connectivity index (χ3v) is 13.5. The van der Waals surface area contributed by atoms with Crippen molar-refractivity contribution in [1.82, 2.24) is 19.9 Å². The Morgan fingerprint density at radius 3 is 0.986 bits per heavy atom. The predicted molar refractivity (Wildman–Crippen MR) is 288 cm³/mol. The molecule has 14 rings (SSSR count). The molecular weight excluding hydrogens is 857 g/mol. The van der Waals surface area contributed by atoms with E-state index in [2.05, 4.69) is 120 Å². The average molecular weight is 895 g/mol. The lowest BCUT2D eigenvalue weighted by atomic mass is 9.87. The Labute approximate surface area is 401 Å². The predicted octanol–water partition coefficient (Wildman–Crippen LogP) is 14.9. The van der Waals surface area contributed by atoms with Crippen LogP contribution in [0.25, 0.3) is 132 Å². The Balaban J connectivity index is 0.000000137. The minimum Gasteiger partial charge on any atom is -0.285 e. The lowest BCUT2D eigenvalue weighted by molar-refractivity contribution is 1.25. The zero-order valence-electron chi connectivity index (χ0n) is 37.5. The average Bonchev–Trinajstić information content (AvgIpc) is 3.44. The van der Waals surface area contributed by atoms with Crippen LogP contribution < -0.4 is 10.9 Å². The third-order valence-electron chi connectivity index (χ3n) is 13.5. The minimum absolute atomic E-state index is 0.172. The van der Waals surface area contributed by atoms with Gasteiger partial charge >= 0.3 is 0 Å². The highest BCUT2D eigenvalue weighted by Gasteiger charge is 2.24. The van der Waals surface area contributed by atoms with Gasteiger partial charge in [0.25, 0.3) is 5.43 Å². The van der Waals surface area contributed by atoms with Gasteiger partial charge in [0.2, 0.25) is 5.43 Å². The summed E-state index contributed by atoms with van der Waals surface area (Å²) in [5.41, 5.74) is 12.0. The van der Waals surface area contributed by atoms with Crippen molar-refractivity contribution < 1.29 is 0 Å². The van der Waals surface area contributed by atoms with Crippen molar-refractivity contribution in [2.24, 2.45) is 0 Å². The smallest absolute Gasteiger partial charge is 0.252 e. The van der Waals surface area contributed by atoms with Crippen molar-refractivity contribution >= 4 is 65.2 Å². The highest BCUT2D eigenvalue weighted by Crippen LogP contribution is 2.45. The van der Waals surface area contributed by atoms with Crippen LogP contribution in [0.3, 0.4) is 0 Å². The van der Waals surface area contributed by atoms with Crippen LogP contribution >= 0.6 is 0 Å². The molecule has 0 spiro atoms. The number of aromatic nitrogens is 4. The molecule has 2 aromatic heterocycles. The molecule has 70 heavy (non-hydrogen) atoms. The van der Waals surface area contributed by atoms with Crippen molar-refractivity contribution in [3.63, 3.8) is 0 Å². The molecule has 0 radical (unpaired) electrons. The molecule has 0 unspecified atom stereocenters. The Kier molecular flexibility index (Phi) is 9.70. The van der Waals surface area contributed by atoms with Gasteiger partial charge in [0.05, 0.1) is 16.6 Å². The van der Waals surface area contributed by atoms with Crippen LogP contribution in [-0.2, 0) is 0 Å². The van der Waals surface area contributed by atoms with E-state index in [-0.39, 0.29) is 5.52 Å². The highest BCUT2D eigenvalue weighted by atomic mass is 16.2. The van der Waals surface area contributed by atoms with Gasteiger partial charge in [-0.3, -0.25) is 9.59 Å². The number of nitrogens with zero attached hydrogens (tertiary/aromatic N) is 4. The zero-order chi connectivity index (χ0) is 46.7. The summed E-state index contributed by atoms with van der Waals surface area (Å²) in [5.74, 6) is 1.20. The topological polar surface area (TPSA) is 85.7 Å². The van der Waals surface area contributed by atoms with Gasteiger partial charge in [0, 0.05) is 38.1 Å². The van der Waals surface area contributed by atoms with Gasteiger partial charge in [-0.05, 0) is 91.0 Å². The Bertz CT molecular complexity index is 4240. The molecular formula is C64H38N4O2. The van der Waals surface area contributed by atoms with Crippen LogP contribution in [-0.4, -0.2) is 19.9 Å². The summed E-state index contributed by atoms with van der Waals surface area (Å²) in [6.45, 7) is 0. The molecule has 2 heterocycles. The summed E-state index contributed by atoms with van der Waals surface area (Å²) in [6.07, 6.45) is 0. The van der Waals surface area contributed by atoms with Gasteiger partial charge in [-0.2, -0.15) is 0 Å². The van der Waals surface area contributed by atoms with E-state index in [1.807, 2.05) is 115 Å². The first-order valence-corrected chi connectivity index (χ1v) is 23.3. The molecule has 6 heteroatoms. The monoisotopic (exact) mass is 894 g/mol. The second-order valence-corrected chi connectivity index (χ2v) is 17.5. The largest absolute Gasteiger partial charge is 0.285 e. The molecule has 12 aromatic carbocycles. The van der Waals surface area contributed by atoms with E-state index in [1.165, 1.54) is 38.4 Å². The third kappa shape index (κ3) is 6.73. The van der Waals surface area contributed by atoms with E-state index in [4.69, 9.17) is 15.0 Å². The molecule has 0 saturated heterocycles. The molecule has 0 aliphatic heterocycles. The molecule has 0 saturated carbocycles. The Morgan fingerprint density at radius 1 is 0.243 bits per heavy atom. The fourth-order valence-electron chi connectivity index (χ4n) is 10.3. The molecule has 0 fully saturated rings. The van der Waals surface area contributed by atoms with Crippen molar-refractivity contribution in [2.45, 2.75) is 0 Å². The summed E-state index contributed by atoms with van der Waals surface area (Å²) in [4.78, 5) is 46.7. The van der Waals surface area contributed by atoms with E-state index in [0.717, 1.165) is 66.4 Å². The summed E-state index contributed by atoms with van der Waals surface area (Å²) in [6, 6.07) is 77.9. The first-order valence-electron chi connectivity index (χ1n) is 23.3. The fourth-order valence-corrected chi connectivity index (χ4v) is 10.3. The Hall–Kier alpha value is -9.52. The van der Waals surface area contributed by atoms with Gasteiger partial charge in [-0.15, -0.1) is 0 Å². The zero-order valence-corrected chi connectivity index (χ0v) is 37.5. The van der Waals surface area contributed by atoms with Crippen LogP contribution in [0.5, 0.6) is 0 Å². The first kappa shape index (κ1) is 40.7. The molecule has 14 aromatic rings. The maximum Gasteiger partial charge on any atom is 0.252 e. The van der Waals surface area contributed by atoms with Crippen LogP contribution in [0.15, 0.2) is 240 Å². The molecule has 6 nitrogen and oxygen atoms in total. The standard InChI is InChI=1S/C32H18N2O2.C32H20N2/c35-30-27-24(20-12-6-2-7-13-20)18-23(19-10-4-1-5-11-19)22-16-17-25-28(26(22)27)29(31(30)36)34-32(33-25)21-14-8-3-9-15-21;1-4-10-21(11-5-1)26-20-27(22-12-6-2-7-13-22)25-17-19-29-31-28(18-16-24(26)30(25)31)33-32(34-29)23-14-8-3-9-15-23/h1-18H;1-20H. The van der Waals surface area contributed by atoms with Gasteiger partial charge in [-0.25, -0.2) is 19.9 Å². The SMILES string of the molecule is O=c1c(=O)c2c(-c3ccccc3)cc(-c3ccccc3)c3ccc4nc(-c5ccccc5)nc1c4c32.c1ccc(-c2nc3ccc4c(-c5ccccc5)cc(-c5ccccc5)c5ccc(n2)c3c45)cc1. The fraction of sp³-hybridized carbons (Fsp3) is 0. The van der Waals surface area contributed by atoms with E-state index >= 15 is 0 Å².